The Morgan fingerprint density at radius 3 is 2.48 bits per heavy atom. The minimum Gasteiger partial charge on any atom is -0.356 e. The zero-order valence-corrected chi connectivity index (χ0v) is 16.2. The van der Waals surface area contributed by atoms with E-state index in [1.54, 1.807) is 0 Å². The molecule has 0 bridgehead atoms. The summed E-state index contributed by atoms with van der Waals surface area (Å²) >= 11 is 6.08. The van der Waals surface area contributed by atoms with E-state index in [0.29, 0.717) is 44.3 Å². The third kappa shape index (κ3) is 3.69. The second-order valence-corrected chi connectivity index (χ2v) is 9.18. The van der Waals surface area contributed by atoms with E-state index >= 15 is 0 Å². The molecule has 1 saturated heterocycles. The van der Waals surface area contributed by atoms with E-state index in [1.807, 2.05) is 18.2 Å². The molecule has 1 fully saturated rings. The first-order chi connectivity index (χ1) is 12.9. The van der Waals surface area contributed by atoms with E-state index in [2.05, 4.69) is 4.90 Å². The summed E-state index contributed by atoms with van der Waals surface area (Å²) in [5, 5.41) is 0.680. The van der Waals surface area contributed by atoms with E-state index < -0.39 is 15.8 Å². The van der Waals surface area contributed by atoms with Gasteiger partial charge in [0.25, 0.3) is 0 Å². The standard InChI is InChI=1S/C19H20ClFN2O3S/c20-15-1-6-19-14(11-15)12-26-13-23(19)17-7-9-22(10-8-17)27(24,25)18-4-2-16(21)3-5-18/h1-6,11,17H,7-10,12-13H2. The molecule has 0 radical (unpaired) electrons. The third-order valence-corrected chi connectivity index (χ3v) is 7.30. The zero-order chi connectivity index (χ0) is 19.0. The van der Waals surface area contributed by atoms with Gasteiger partial charge in [0.05, 0.1) is 11.5 Å². The molecule has 0 saturated carbocycles. The van der Waals surface area contributed by atoms with Crippen LogP contribution < -0.4 is 4.90 Å². The summed E-state index contributed by atoms with van der Waals surface area (Å²) in [4.78, 5) is 2.32. The van der Waals surface area contributed by atoms with Crippen molar-refractivity contribution in [3.8, 4) is 0 Å². The SMILES string of the molecule is O=S(=O)(c1ccc(F)cc1)N1CCC(N2COCc3cc(Cl)ccc32)CC1. The van der Waals surface area contributed by atoms with Crippen LogP contribution in [0.25, 0.3) is 0 Å². The van der Waals surface area contributed by atoms with Crippen molar-refractivity contribution in [2.45, 2.75) is 30.4 Å². The Morgan fingerprint density at radius 1 is 1.07 bits per heavy atom. The molecular formula is C19H20ClFN2O3S. The van der Waals surface area contributed by atoms with Crippen molar-refractivity contribution in [1.29, 1.82) is 0 Å². The Labute approximate surface area is 163 Å². The Hall–Kier alpha value is -1.67. The van der Waals surface area contributed by atoms with Crippen LogP contribution in [0.3, 0.4) is 0 Å². The number of hydrogen-bond donors (Lipinski definition) is 0. The van der Waals surface area contributed by atoms with Gasteiger partial charge in [0.1, 0.15) is 12.5 Å². The topological polar surface area (TPSA) is 49.9 Å². The van der Waals surface area contributed by atoms with E-state index in [-0.39, 0.29) is 10.9 Å². The summed E-state index contributed by atoms with van der Waals surface area (Å²) in [6, 6.07) is 11.0. The maximum atomic E-state index is 13.1. The number of piperidine rings is 1. The van der Waals surface area contributed by atoms with Gasteiger partial charge >= 0.3 is 0 Å². The summed E-state index contributed by atoms with van der Waals surface area (Å²) in [5.41, 5.74) is 2.15. The fourth-order valence-corrected chi connectivity index (χ4v) is 5.39. The van der Waals surface area contributed by atoms with Crippen molar-refractivity contribution in [3.05, 3.63) is 58.9 Å². The maximum Gasteiger partial charge on any atom is 0.243 e. The summed E-state index contributed by atoms with van der Waals surface area (Å²) in [6.45, 7) is 1.86. The minimum atomic E-state index is -3.60. The summed E-state index contributed by atoms with van der Waals surface area (Å²) in [5.74, 6) is -0.448. The van der Waals surface area contributed by atoms with Gasteiger partial charge in [-0.25, -0.2) is 12.8 Å². The second kappa shape index (κ2) is 7.39. The van der Waals surface area contributed by atoms with Crippen LogP contribution in [0.2, 0.25) is 5.02 Å². The van der Waals surface area contributed by atoms with Gasteiger partial charge in [-0.2, -0.15) is 4.31 Å². The van der Waals surface area contributed by atoms with Gasteiger partial charge in [0, 0.05) is 35.4 Å². The largest absolute Gasteiger partial charge is 0.356 e. The molecule has 0 spiro atoms. The molecule has 4 rings (SSSR count). The average molecular weight is 411 g/mol. The van der Waals surface area contributed by atoms with Crippen molar-refractivity contribution in [2.24, 2.45) is 0 Å². The molecule has 5 nitrogen and oxygen atoms in total. The van der Waals surface area contributed by atoms with Crippen LogP contribution in [-0.2, 0) is 21.4 Å². The number of fused-ring (bicyclic) bond motifs is 1. The fourth-order valence-electron chi connectivity index (χ4n) is 3.73. The number of halogens is 2. The molecule has 8 heteroatoms. The number of sulfonamides is 1. The first kappa shape index (κ1) is 18.7. The van der Waals surface area contributed by atoms with E-state index in [0.717, 1.165) is 11.3 Å². The van der Waals surface area contributed by atoms with Crippen molar-refractivity contribution >= 4 is 27.3 Å². The van der Waals surface area contributed by atoms with Crippen molar-refractivity contribution in [2.75, 3.05) is 24.7 Å². The first-order valence-electron chi connectivity index (χ1n) is 8.84. The van der Waals surface area contributed by atoms with Crippen LogP contribution in [0.1, 0.15) is 18.4 Å². The molecule has 2 aromatic carbocycles. The molecule has 0 unspecified atom stereocenters. The number of rotatable bonds is 3. The lowest BCUT2D eigenvalue weighted by Gasteiger charge is -2.41. The van der Waals surface area contributed by atoms with Crippen LogP contribution in [0.4, 0.5) is 10.1 Å². The molecule has 0 aromatic heterocycles. The minimum absolute atomic E-state index is 0.128. The smallest absolute Gasteiger partial charge is 0.243 e. The Bertz CT molecular complexity index is 928. The van der Waals surface area contributed by atoms with Gasteiger partial charge < -0.3 is 9.64 Å². The highest BCUT2D eigenvalue weighted by molar-refractivity contribution is 7.89. The van der Waals surface area contributed by atoms with Gasteiger partial charge in [-0.05, 0) is 55.3 Å². The van der Waals surface area contributed by atoms with Crippen molar-refractivity contribution in [3.63, 3.8) is 0 Å². The highest BCUT2D eigenvalue weighted by Crippen LogP contribution is 2.33. The fraction of sp³-hybridized carbons (Fsp3) is 0.368. The molecule has 0 N–H and O–H groups in total. The van der Waals surface area contributed by atoms with Crippen molar-refractivity contribution < 1.29 is 17.5 Å². The van der Waals surface area contributed by atoms with Crippen LogP contribution in [-0.4, -0.2) is 38.6 Å². The molecule has 2 heterocycles. The molecule has 0 atom stereocenters. The quantitative estimate of drug-likeness (QED) is 0.775. The number of anilines is 1. The average Bonchev–Trinajstić information content (AvgIpc) is 2.68. The van der Waals surface area contributed by atoms with Crippen molar-refractivity contribution in [1.82, 2.24) is 4.31 Å². The third-order valence-electron chi connectivity index (χ3n) is 5.15. The van der Waals surface area contributed by atoms with Gasteiger partial charge in [0.2, 0.25) is 10.0 Å². The summed E-state index contributed by atoms with van der Waals surface area (Å²) in [6.07, 6.45) is 1.40. The molecule has 2 aliphatic heterocycles. The Morgan fingerprint density at radius 2 is 1.78 bits per heavy atom. The predicted molar refractivity (Wildman–Crippen MR) is 102 cm³/mol. The van der Waals surface area contributed by atoms with Gasteiger partial charge in [-0.15, -0.1) is 0 Å². The van der Waals surface area contributed by atoms with Crippen LogP contribution >= 0.6 is 11.6 Å². The highest BCUT2D eigenvalue weighted by Gasteiger charge is 2.33. The van der Waals surface area contributed by atoms with E-state index in [4.69, 9.17) is 16.3 Å². The summed E-state index contributed by atoms with van der Waals surface area (Å²) in [7, 11) is -3.60. The number of hydrogen-bond acceptors (Lipinski definition) is 4. The first-order valence-corrected chi connectivity index (χ1v) is 10.7. The molecule has 2 aliphatic rings. The number of nitrogens with zero attached hydrogens (tertiary/aromatic N) is 2. The molecule has 0 aliphatic carbocycles. The lowest BCUT2D eigenvalue weighted by atomic mass is 10.0. The lowest BCUT2D eigenvalue weighted by molar-refractivity contribution is 0.0988. The maximum absolute atomic E-state index is 13.1. The van der Waals surface area contributed by atoms with Crippen LogP contribution in [0.15, 0.2) is 47.4 Å². The van der Waals surface area contributed by atoms with E-state index in [1.165, 1.54) is 28.6 Å². The molecule has 27 heavy (non-hydrogen) atoms. The van der Waals surface area contributed by atoms with Gasteiger partial charge in [-0.3, -0.25) is 0 Å². The Balaban J connectivity index is 1.48. The van der Waals surface area contributed by atoms with Crippen LogP contribution in [0.5, 0.6) is 0 Å². The van der Waals surface area contributed by atoms with Crippen LogP contribution in [0, 0.1) is 5.82 Å². The molecule has 2 aromatic rings. The normalized spacial score (nSPS) is 19.1. The predicted octanol–water partition coefficient (Wildman–Crippen LogP) is 3.63. The second-order valence-electron chi connectivity index (χ2n) is 6.81. The number of ether oxygens (including phenoxy) is 1. The van der Waals surface area contributed by atoms with E-state index in [9.17, 15) is 12.8 Å². The highest BCUT2D eigenvalue weighted by atomic mass is 35.5. The zero-order valence-electron chi connectivity index (χ0n) is 14.6. The monoisotopic (exact) mass is 410 g/mol. The van der Waals surface area contributed by atoms with Gasteiger partial charge in [0.15, 0.2) is 0 Å². The summed E-state index contributed by atoms with van der Waals surface area (Å²) < 4.78 is 45.8. The van der Waals surface area contributed by atoms with Gasteiger partial charge in [-0.1, -0.05) is 11.6 Å². The molecular weight excluding hydrogens is 391 g/mol. The number of benzene rings is 2. The Kier molecular flexibility index (Phi) is 5.11. The lowest BCUT2D eigenvalue weighted by Crippen LogP contribution is -2.48. The molecule has 144 valence electrons. The molecule has 0 amide bonds.